The molecule has 0 saturated carbocycles. The third-order valence-electron chi connectivity index (χ3n) is 2.88. The molecule has 0 aliphatic heterocycles. The van der Waals surface area contributed by atoms with Gasteiger partial charge in [-0.05, 0) is 24.3 Å². The molecule has 0 atom stereocenters. The lowest BCUT2D eigenvalue weighted by molar-refractivity contribution is 0.0692. The van der Waals surface area contributed by atoms with Gasteiger partial charge in [-0.25, -0.2) is 9.78 Å². The van der Waals surface area contributed by atoms with Gasteiger partial charge in [-0.2, -0.15) is 0 Å². The third kappa shape index (κ3) is 2.51. The molecule has 0 aliphatic rings. The first-order chi connectivity index (χ1) is 9.74. The number of carboxylic acids is 1. The highest BCUT2D eigenvalue weighted by Gasteiger charge is 2.14. The van der Waals surface area contributed by atoms with E-state index in [4.69, 9.17) is 0 Å². The quantitative estimate of drug-likeness (QED) is 0.785. The van der Waals surface area contributed by atoms with Gasteiger partial charge in [0.15, 0.2) is 0 Å². The Bertz CT molecular complexity index is 772. The summed E-state index contributed by atoms with van der Waals surface area (Å²) < 4.78 is 0. The number of para-hydroxylation sites is 1. The molecule has 2 aromatic carbocycles. The molecule has 3 nitrogen and oxygen atoms in total. The molecule has 1 heterocycles. The molecule has 1 N–H and O–H groups in total. The van der Waals surface area contributed by atoms with Crippen LogP contribution in [0.25, 0.3) is 10.9 Å². The van der Waals surface area contributed by atoms with E-state index in [1.807, 2.05) is 54.6 Å². The maximum absolute atomic E-state index is 11.4. The van der Waals surface area contributed by atoms with Crippen molar-refractivity contribution in [2.24, 2.45) is 0 Å². The fraction of sp³-hybridized carbons (Fsp3) is 0. The minimum atomic E-state index is -0.957. The number of hydrogen-bond acceptors (Lipinski definition) is 3. The van der Waals surface area contributed by atoms with Gasteiger partial charge < -0.3 is 5.11 Å². The highest BCUT2D eigenvalue weighted by Crippen LogP contribution is 2.30. The summed E-state index contributed by atoms with van der Waals surface area (Å²) >= 11 is 1.37. The second kappa shape index (κ2) is 5.35. The maximum atomic E-state index is 11.4. The average molecular weight is 281 g/mol. The van der Waals surface area contributed by atoms with E-state index in [1.165, 1.54) is 11.8 Å². The highest BCUT2D eigenvalue weighted by atomic mass is 32.2. The Hall–Kier alpha value is -2.33. The van der Waals surface area contributed by atoms with Crippen LogP contribution in [0.2, 0.25) is 0 Å². The van der Waals surface area contributed by atoms with E-state index >= 15 is 0 Å². The van der Waals surface area contributed by atoms with Crippen LogP contribution in [-0.4, -0.2) is 16.1 Å². The maximum Gasteiger partial charge on any atom is 0.338 e. The van der Waals surface area contributed by atoms with Crippen molar-refractivity contribution < 1.29 is 9.90 Å². The number of fused-ring (bicyclic) bond motifs is 1. The third-order valence-corrected chi connectivity index (χ3v) is 3.89. The van der Waals surface area contributed by atoms with Gasteiger partial charge in [0.1, 0.15) is 5.03 Å². The van der Waals surface area contributed by atoms with E-state index in [9.17, 15) is 9.90 Å². The van der Waals surface area contributed by atoms with Crippen LogP contribution in [-0.2, 0) is 0 Å². The summed E-state index contributed by atoms with van der Waals surface area (Å²) in [7, 11) is 0. The molecule has 0 saturated heterocycles. The van der Waals surface area contributed by atoms with E-state index in [-0.39, 0.29) is 5.56 Å². The van der Waals surface area contributed by atoms with Crippen molar-refractivity contribution in [2.45, 2.75) is 9.92 Å². The molecule has 4 heteroatoms. The molecule has 0 amide bonds. The Balaban J connectivity index is 2.12. The topological polar surface area (TPSA) is 50.2 Å². The average Bonchev–Trinajstić information content (AvgIpc) is 2.47. The van der Waals surface area contributed by atoms with E-state index in [2.05, 4.69) is 4.98 Å². The second-order valence-corrected chi connectivity index (χ2v) is 5.32. The lowest BCUT2D eigenvalue weighted by Crippen LogP contribution is -2.01. The molecular formula is C16H11NO2S. The van der Waals surface area contributed by atoms with Crippen LogP contribution < -0.4 is 0 Å². The Kier molecular flexibility index (Phi) is 3.39. The Morgan fingerprint density at radius 1 is 1.00 bits per heavy atom. The summed E-state index contributed by atoms with van der Waals surface area (Å²) in [6.45, 7) is 0. The van der Waals surface area contributed by atoms with Gasteiger partial charge in [0, 0.05) is 10.3 Å². The molecule has 98 valence electrons. The summed E-state index contributed by atoms with van der Waals surface area (Å²) in [4.78, 5) is 16.8. The van der Waals surface area contributed by atoms with Crippen molar-refractivity contribution in [3.05, 3.63) is 66.2 Å². The predicted octanol–water partition coefficient (Wildman–Crippen LogP) is 4.08. The van der Waals surface area contributed by atoms with Crippen molar-refractivity contribution in [2.75, 3.05) is 0 Å². The van der Waals surface area contributed by atoms with Crippen LogP contribution in [0, 0.1) is 0 Å². The zero-order valence-corrected chi connectivity index (χ0v) is 11.3. The zero-order chi connectivity index (χ0) is 13.9. The molecule has 0 spiro atoms. The second-order valence-electron chi connectivity index (χ2n) is 4.25. The summed E-state index contributed by atoms with van der Waals surface area (Å²) in [6.07, 6.45) is 0. The molecule has 0 radical (unpaired) electrons. The van der Waals surface area contributed by atoms with Crippen LogP contribution in [0.4, 0.5) is 0 Å². The van der Waals surface area contributed by atoms with Crippen molar-refractivity contribution >= 4 is 28.6 Å². The Labute approximate surface area is 120 Å². The zero-order valence-electron chi connectivity index (χ0n) is 10.5. The van der Waals surface area contributed by atoms with Gasteiger partial charge in [0.25, 0.3) is 0 Å². The van der Waals surface area contributed by atoms with E-state index in [0.717, 1.165) is 15.8 Å². The van der Waals surface area contributed by atoms with Gasteiger partial charge in [0.05, 0.1) is 11.1 Å². The number of aromatic carboxylic acids is 1. The molecule has 3 rings (SSSR count). The van der Waals surface area contributed by atoms with Crippen molar-refractivity contribution in [3.8, 4) is 0 Å². The van der Waals surface area contributed by atoms with E-state index in [0.29, 0.717) is 5.03 Å². The largest absolute Gasteiger partial charge is 0.478 e. The van der Waals surface area contributed by atoms with E-state index in [1.54, 1.807) is 6.07 Å². The van der Waals surface area contributed by atoms with Crippen LogP contribution in [0.1, 0.15) is 10.4 Å². The smallest absolute Gasteiger partial charge is 0.338 e. The van der Waals surface area contributed by atoms with Crippen LogP contribution in [0.3, 0.4) is 0 Å². The van der Waals surface area contributed by atoms with Gasteiger partial charge in [-0.1, -0.05) is 48.2 Å². The molecule has 0 bridgehead atoms. The predicted molar refractivity (Wildman–Crippen MR) is 79.3 cm³/mol. The standard InChI is InChI=1S/C16H11NO2S/c18-16(19)13-10-11-6-4-5-9-14(11)17-15(13)20-12-7-2-1-3-8-12/h1-10H,(H,18,19). The summed E-state index contributed by atoms with van der Waals surface area (Å²) in [5.74, 6) is -0.957. The van der Waals surface area contributed by atoms with Crippen molar-refractivity contribution in [1.82, 2.24) is 4.98 Å². The Morgan fingerprint density at radius 2 is 1.70 bits per heavy atom. The number of pyridine rings is 1. The monoisotopic (exact) mass is 281 g/mol. The van der Waals surface area contributed by atoms with Gasteiger partial charge >= 0.3 is 5.97 Å². The molecule has 1 aromatic heterocycles. The molecule has 20 heavy (non-hydrogen) atoms. The normalized spacial score (nSPS) is 10.6. The first-order valence-electron chi connectivity index (χ1n) is 6.10. The van der Waals surface area contributed by atoms with Crippen LogP contribution in [0.5, 0.6) is 0 Å². The summed E-state index contributed by atoms with van der Waals surface area (Å²) in [6, 6.07) is 18.8. The van der Waals surface area contributed by atoms with Gasteiger partial charge in [-0.3, -0.25) is 0 Å². The molecule has 0 fully saturated rings. The first kappa shape index (κ1) is 12.7. The lowest BCUT2D eigenvalue weighted by atomic mass is 10.1. The number of carbonyl (C=O) groups is 1. The highest BCUT2D eigenvalue weighted by molar-refractivity contribution is 7.99. The molecule has 0 aliphatic carbocycles. The number of nitrogens with zero attached hydrogens (tertiary/aromatic N) is 1. The number of aromatic nitrogens is 1. The number of benzene rings is 2. The number of hydrogen-bond donors (Lipinski definition) is 1. The summed E-state index contributed by atoms with van der Waals surface area (Å²) in [5.41, 5.74) is 1.04. The molecule has 3 aromatic rings. The van der Waals surface area contributed by atoms with E-state index < -0.39 is 5.97 Å². The Morgan fingerprint density at radius 3 is 2.45 bits per heavy atom. The lowest BCUT2D eigenvalue weighted by Gasteiger charge is -2.07. The summed E-state index contributed by atoms with van der Waals surface area (Å²) in [5, 5.41) is 10.7. The van der Waals surface area contributed by atoms with Crippen molar-refractivity contribution in [1.29, 1.82) is 0 Å². The van der Waals surface area contributed by atoms with Crippen LogP contribution in [0.15, 0.2) is 70.6 Å². The fourth-order valence-corrected chi connectivity index (χ4v) is 2.85. The SMILES string of the molecule is O=C(O)c1cc2ccccc2nc1Sc1ccccc1. The van der Waals surface area contributed by atoms with Gasteiger partial charge in [0.2, 0.25) is 0 Å². The molecular weight excluding hydrogens is 270 g/mol. The van der Waals surface area contributed by atoms with Crippen molar-refractivity contribution in [3.63, 3.8) is 0 Å². The molecule has 0 unspecified atom stereocenters. The van der Waals surface area contributed by atoms with Gasteiger partial charge in [-0.15, -0.1) is 0 Å². The minimum absolute atomic E-state index is 0.234. The minimum Gasteiger partial charge on any atom is -0.478 e. The first-order valence-corrected chi connectivity index (χ1v) is 6.92. The fourth-order valence-electron chi connectivity index (χ4n) is 1.93. The number of rotatable bonds is 3. The van der Waals surface area contributed by atoms with Crippen LogP contribution >= 0.6 is 11.8 Å². The number of carboxylic acid groups (broad SMARTS) is 1.